The number of carbonyl (C=O) groups is 3. The largest absolute Gasteiger partial charge is 0.394 e. The maximum absolute atomic E-state index is 13.4. The van der Waals surface area contributed by atoms with E-state index in [1.54, 1.807) is 6.08 Å². The average molecular weight is 1430 g/mol. The van der Waals surface area contributed by atoms with E-state index in [1.165, 1.54) is 103 Å². The highest BCUT2D eigenvalue weighted by molar-refractivity contribution is 5.76. The van der Waals surface area contributed by atoms with Crippen molar-refractivity contribution < 1.29 is 138 Å². The molecule has 578 valence electrons. The zero-order valence-corrected chi connectivity index (χ0v) is 58.4. The molecule has 5 rings (SSSR count). The standard InChI is InChI=1S/C68H123N3O28/c1-5-7-9-11-13-15-17-19-21-23-25-27-29-31-42(79)41(71-48(80)32-30-28-26-24-22-20-18-16-14-12-10-8-6-2)38-90-66-57(87)55(85)61(46(36-75)94-66)97-67-58(88)56(86)60(47(37-76)95-67)96-65-50(70-40(4)78)62(52(82)44(34-73)92-65)98-68-59(89)63(53(83)45(35-74)93-68)99-64-49(69-39(3)77)54(84)51(81)43(33-72)91-64/h29,31,41-47,49-68,72-76,79,81-89H,5-28,30,32-38H2,1-4H3,(H,69,77)(H,70,78)(H,71,80)/b31-29+/t41-,42+,43?,44?,45?,46?,47?,49?,50?,51+,52-,53-,54+,55+,56+,57?,58?,59?,60-,61+,62+,63-,64-,65-,66+,67-,68-/m0/s1. The topological polar surface area (TPSA) is 483 Å². The zero-order chi connectivity index (χ0) is 72.6. The second-order valence-corrected chi connectivity index (χ2v) is 27.1. The SMILES string of the molecule is CCCCCCCCCCCCC/C=C/[C@@H](O)[C@H](CO[C@@H]1OC(CO)[C@@H](O[C@@H]2OC(CO)[C@H](O[C@@H]3OC(CO)[C@H](O)[C@H](O[C@@H]4OC(CO)[C@H](O)[C@H](O[C@@H]5OC(CO)[C@@H](O)[C@H](O)C5NC(C)=O)C4O)C3NC(C)=O)[C@H](O)C2O)[C@H](O)C1O)NC(=O)CCCCCCCCCCCCCCC. The van der Waals surface area contributed by atoms with Crippen LogP contribution in [0.4, 0.5) is 0 Å². The van der Waals surface area contributed by atoms with E-state index in [2.05, 4.69) is 29.8 Å². The van der Waals surface area contributed by atoms with Gasteiger partial charge in [-0.3, -0.25) is 14.4 Å². The number of ether oxygens (including phenoxy) is 10. The first-order chi connectivity index (χ1) is 47.6. The minimum Gasteiger partial charge on any atom is -0.394 e. The maximum atomic E-state index is 13.4. The Morgan fingerprint density at radius 3 is 1.24 bits per heavy atom. The highest BCUT2D eigenvalue weighted by Crippen LogP contribution is 2.37. The molecule has 5 aliphatic rings. The molecule has 0 radical (unpaired) electrons. The summed E-state index contributed by atoms with van der Waals surface area (Å²) in [5, 5.41) is 174. The van der Waals surface area contributed by atoms with Crippen molar-refractivity contribution in [3.8, 4) is 0 Å². The van der Waals surface area contributed by atoms with Gasteiger partial charge in [-0.1, -0.05) is 167 Å². The molecule has 0 aromatic heterocycles. The van der Waals surface area contributed by atoms with Gasteiger partial charge in [-0.05, 0) is 19.3 Å². The number of rotatable bonds is 47. The third kappa shape index (κ3) is 27.2. The van der Waals surface area contributed by atoms with Crippen LogP contribution in [-0.4, -0.2) is 300 Å². The monoisotopic (exact) mass is 1430 g/mol. The first kappa shape index (κ1) is 86.8. The van der Waals surface area contributed by atoms with Crippen LogP contribution in [-0.2, 0) is 61.8 Å². The lowest BCUT2D eigenvalue weighted by Gasteiger charge is -2.50. The van der Waals surface area contributed by atoms with E-state index in [4.69, 9.17) is 47.4 Å². The number of hydrogen-bond acceptors (Lipinski definition) is 28. The van der Waals surface area contributed by atoms with Crippen LogP contribution < -0.4 is 16.0 Å². The number of aliphatic hydroxyl groups is 15. The van der Waals surface area contributed by atoms with Crippen LogP contribution in [0.15, 0.2) is 12.2 Å². The smallest absolute Gasteiger partial charge is 0.220 e. The fraction of sp³-hybridized carbons (Fsp3) is 0.926. The van der Waals surface area contributed by atoms with E-state index in [-0.39, 0.29) is 12.3 Å². The maximum Gasteiger partial charge on any atom is 0.220 e. The Morgan fingerprint density at radius 1 is 0.394 bits per heavy atom. The van der Waals surface area contributed by atoms with Crippen LogP contribution in [0.1, 0.15) is 195 Å². The van der Waals surface area contributed by atoms with Crippen LogP contribution in [0.25, 0.3) is 0 Å². The fourth-order valence-corrected chi connectivity index (χ4v) is 13.3. The third-order valence-corrected chi connectivity index (χ3v) is 19.1. The van der Waals surface area contributed by atoms with Crippen molar-refractivity contribution in [3.63, 3.8) is 0 Å². The first-order valence-corrected chi connectivity index (χ1v) is 36.5. The lowest BCUT2D eigenvalue weighted by Crippen LogP contribution is -2.70. The molecule has 0 aliphatic carbocycles. The number of amides is 3. The van der Waals surface area contributed by atoms with Crippen molar-refractivity contribution in [3.05, 3.63) is 12.2 Å². The highest BCUT2D eigenvalue weighted by atomic mass is 16.8. The van der Waals surface area contributed by atoms with Crippen LogP contribution >= 0.6 is 0 Å². The van der Waals surface area contributed by atoms with Crippen LogP contribution in [0.5, 0.6) is 0 Å². The summed E-state index contributed by atoms with van der Waals surface area (Å²) >= 11 is 0. The first-order valence-electron chi connectivity index (χ1n) is 36.5. The van der Waals surface area contributed by atoms with Gasteiger partial charge in [0.2, 0.25) is 17.7 Å². The van der Waals surface area contributed by atoms with Gasteiger partial charge in [-0.15, -0.1) is 0 Å². The molecular weight excluding hydrogens is 1310 g/mol. The summed E-state index contributed by atoms with van der Waals surface area (Å²) in [7, 11) is 0. The fourth-order valence-electron chi connectivity index (χ4n) is 13.3. The van der Waals surface area contributed by atoms with Gasteiger partial charge in [0.15, 0.2) is 31.5 Å². The molecule has 0 aromatic carbocycles. The number of carbonyl (C=O) groups excluding carboxylic acids is 3. The Morgan fingerprint density at radius 2 is 0.758 bits per heavy atom. The zero-order valence-electron chi connectivity index (χ0n) is 58.4. The van der Waals surface area contributed by atoms with E-state index in [9.17, 15) is 91.0 Å². The molecule has 31 nitrogen and oxygen atoms in total. The van der Waals surface area contributed by atoms with Crippen LogP contribution in [0.2, 0.25) is 0 Å². The minimum atomic E-state index is -2.17. The van der Waals surface area contributed by atoms with Gasteiger partial charge in [-0.2, -0.15) is 0 Å². The number of aliphatic hydroxyl groups excluding tert-OH is 15. The minimum absolute atomic E-state index is 0.194. The summed E-state index contributed by atoms with van der Waals surface area (Å²) in [4.78, 5) is 38.5. The second kappa shape index (κ2) is 46.9. The van der Waals surface area contributed by atoms with Gasteiger partial charge in [0, 0.05) is 20.3 Å². The molecule has 99 heavy (non-hydrogen) atoms. The lowest BCUT2D eigenvalue weighted by atomic mass is 9.94. The van der Waals surface area contributed by atoms with Crippen molar-refractivity contribution in [1.82, 2.24) is 16.0 Å². The summed E-state index contributed by atoms with van der Waals surface area (Å²) in [6.45, 7) is 1.36. The van der Waals surface area contributed by atoms with E-state index < -0.39 is 217 Å². The van der Waals surface area contributed by atoms with Gasteiger partial charge < -0.3 is 140 Å². The predicted octanol–water partition coefficient (Wildman–Crippen LogP) is -1.03. The van der Waals surface area contributed by atoms with Crippen molar-refractivity contribution in [2.75, 3.05) is 39.6 Å². The van der Waals surface area contributed by atoms with Crippen molar-refractivity contribution in [2.45, 2.75) is 360 Å². The Kier molecular flexibility index (Phi) is 41.1. The van der Waals surface area contributed by atoms with Crippen molar-refractivity contribution in [1.29, 1.82) is 0 Å². The molecule has 5 saturated heterocycles. The lowest BCUT2D eigenvalue weighted by molar-refractivity contribution is -0.383. The molecule has 31 heteroatoms. The molecule has 0 bridgehead atoms. The molecular formula is C68H123N3O28. The van der Waals surface area contributed by atoms with Gasteiger partial charge in [0.25, 0.3) is 0 Å². The van der Waals surface area contributed by atoms with E-state index >= 15 is 0 Å². The van der Waals surface area contributed by atoms with E-state index in [1.807, 2.05) is 6.08 Å². The molecule has 0 saturated carbocycles. The summed E-state index contributed by atoms with van der Waals surface area (Å²) in [6, 6.07) is -4.37. The number of unbranched alkanes of at least 4 members (excludes halogenated alkanes) is 23. The second-order valence-electron chi connectivity index (χ2n) is 27.1. The van der Waals surface area contributed by atoms with Gasteiger partial charge in [0.1, 0.15) is 122 Å². The summed E-state index contributed by atoms with van der Waals surface area (Å²) in [6.07, 6.45) is -12.1. The summed E-state index contributed by atoms with van der Waals surface area (Å²) in [5.41, 5.74) is 0. The predicted molar refractivity (Wildman–Crippen MR) is 352 cm³/mol. The Hall–Kier alpha value is -2.85. The molecule has 5 fully saturated rings. The normalized spacial score (nSPS) is 35.8. The molecule has 0 aromatic rings. The van der Waals surface area contributed by atoms with Crippen LogP contribution in [0.3, 0.4) is 0 Å². The van der Waals surface area contributed by atoms with Gasteiger partial charge in [0.05, 0.1) is 51.8 Å². The molecule has 18 N–H and O–H groups in total. The Labute approximate surface area is 582 Å². The molecule has 3 amide bonds. The number of hydrogen-bond donors (Lipinski definition) is 18. The summed E-state index contributed by atoms with van der Waals surface area (Å²) < 4.78 is 59.0. The van der Waals surface area contributed by atoms with Crippen molar-refractivity contribution in [2.24, 2.45) is 0 Å². The molecule has 0 spiro atoms. The van der Waals surface area contributed by atoms with Gasteiger partial charge in [-0.25, -0.2) is 0 Å². The molecule has 10 unspecified atom stereocenters. The van der Waals surface area contributed by atoms with E-state index in [0.29, 0.717) is 12.8 Å². The Bertz CT molecular complexity index is 2230. The Balaban J connectivity index is 1.23. The quantitative estimate of drug-likeness (QED) is 0.0256. The molecule has 5 heterocycles. The summed E-state index contributed by atoms with van der Waals surface area (Å²) in [5.74, 6) is -1.90. The molecule has 5 aliphatic heterocycles. The highest BCUT2D eigenvalue weighted by Gasteiger charge is 2.57. The van der Waals surface area contributed by atoms with Crippen molar-refractivity contribution >= 4 is 17.7 Å². The number of allylic oxidation sites excluding steroid dienone is 1. The molecule has 27 atom stereocenters. The average Bonchev–Trinajstić information content (AvgIpc) is 0.776. The van der Waals surface area contributed by atoms with Crippen LogP contribution in [0, 0.1) is 0 Å². The third-order valence-electron chi connectivity index (χ3n) is 19.1. The van der Waals surface area contributed by atoms with E-state index in [0.717, 1.165) is 58.8 Å². The number of nitrogens with one attached hydrogen (secondary N) is 3. The van der Waals surface area contributed by atoms with Gasteiger partial charge >= 0.3 is 0 Å².